The molecule has 0 saturated heterocycles. The summed E-state index contributed by atoms with van der Waals surface area (Å²) in [6.45, 7) is 1.78. The number of fused-ring (bicyclic) bond motifs is 1. The van der Waals surface area contributed by atoms with E-state index in [1.54, 1.807) is 29.7 Å². The fraction of sp³-hybridized carbons (Fsp3) is 0.368. The summed E-state index contributed by atoms with van der Waals surface area (Å²) >= 11 is 3.18. The maximum Gasteiger partial charge on any atom is 0.522 e. The van der Waals surface area contributed by atoms with Crippen LogP contribution in [0.4, 0.5) is 13.2 Å². The number of rotatable bonds is 10. The monoisotopic (exact) mass is 443 g/mol. The molecule has 0 fully saturated rings. The predicted molar refractivity (Wildman–Crippen MR) is 108 cm³/mol. The molecule has 0 amide bonds. The fourth-order valence-corrected chi connectivity index (χ4v) is 4.35. The molecule has 0 spiro atoms. The maximum atomic E-state index is 11.9. The number of pyridine rings is 1. The van der Waals surface area contributed by atoms with Gasteiger partial charge in [-0.2, -0.15) is 0 Å². The SMILES string of the molecule is Cc1c(SCCOCCOC(F)(F)F)ccnc1CSc1nc2ccccc2[nH]1. The minimum atomic E-state index is -4.61. The number of para-hydroxylation sites is 2. The Kier molecular flexibility index (Phi) is 7.82. The van der Waals surface area contributed by atoms with Crippen LogP contribution in [0.2, 0.25) is 0 Å². The van der Waals surface area contributed by atoms with Gasteiger partial charge in [0.1, 0.15) is 0 Å². The molecule has 3 rings (SSSR count). The van der Waals surface area contributed by atoms with Gasteiger partial charge in [-0.3, -0.25) is 9.72 Å². The van der Waals surface area contributed by atoms with Gasteiger partial charge in [0.05, 0.1) is 36.5 Å². The van der Waals surface area contributed by atoms with Crippen molar-refractivity contribution in [1.82, 2.24) is 15.0 Å². The summed E-state index contributed by atoms with van der Waals surface area (Å²) in [6.07, 6.45) is -2.84. The van der Waals surface area contributed by atoms with E-state index in [4.69, 9.17) is 4.74 Å². The average molecular weight is 444 g/mol. The van der Waals surface area contributed by atoms with Crippen molar-refractivity contribution in [3.05, 3.63) is 47.8 Å². The zero-order chi connectivity index (χ0) is 20.7. The second kappa shape index (κ2) is 10.3. The molecule has 0 aliphatic rings. The summed E-state index contributed by atoms with van der Waals surface area (Å²) < 4.78 is 44.4. The van der Waals surface area contributed by atoms with Crippen molar-refractivity contribution in [1.29, 1.82) is 0 Å². The van der Waals surface area contributed by atoms with Crippen LogP contribution in [0.25, 0.3) is 11.0 Å². The highest BCUT2D eigenvalue weighted by atomic mass is 32.2. The van der Waals surface area contributed by atoms with Crippen LogP contribution in [0.5, 0.6) is 0 Å². The first-order valence-corrected chi connectivity index (χ1v) is 10.8. The van der Waals surface area contributed by atoms with Crippen molar-refractivity contribution in [2.75, 3.05) is 25.6 Å². The second-order valence-electron chi connectivity index (χ2n) is 5.98. The molecule has 5 nitrogen and oxygen atoms in total. The summed E-state index contributed by atoms with van der Waals surface area (Å²) in [4.78, 5) is 13.4. The molecule has 0 unspecified atom stereocenters. The van der Waals surface area contributed by atoms with E-state index in [1.807, 2.05) is 37.3 Å². The normalized spacial score (nSPS) is 12.0. The first kappa shape index (κ1) is 21.9. The smallest absolute Gasteiger partial charge is 0.378 e. The second-order valence-corrected chi connectivity index (χ2v) is 8.08. The van der Waals surface area contributed by atoms with Crippen LogP contribution in [-0.4, -0.2) is 46.9 Å². The van der Waals surface area contributed by atoms with Crippen LogP contribution in [0.15, 0.2) is 46.6 Å². The van der Waals surface area contributed by atoms with Crippen molar-refractivity contribution in [3.8, 4) is 0 Å². The highest BCUT2D eigenvalue weighted by Gasteiger charge is 2.28. The summed E-state index contributed by atoms with van der Waals surface area (Å²) in [5, 5.41) is 0.847. The van der Waals surface area contributed by atoms with Crippen LogP contribution in [-0.2, 0) is 15.2 Å². The summed E-state index contributed by atoms with van der Waals surface area (Å²) in [7, 11) is 0. The van der Waals surface area contributed by atoms with E-state index < -0.39 is 13.0 Å². The molecule has 0 bridgehead atoms. The zero-order valence-electron chi connectivity index (χ0n) is 15.7. The van der Waals surface area contributed by atoms with Crippen molar-refractivity contribution < 1.29 is 22.6 Å². The Balaban J connectivity index is 1.45. The molecule has 3 aromatic rings. The highest BCUT2D eigenvalue weighted by Crippen LogP contribution is 2.28. The van der Waals surface area contributed by atoms with Gasteiger partial charge in [-0.1, -0.05) is 23.9 Å². The van der Waals surface area contributed by atoms with Crippen molar-refractivity contribution in [3.63, 3.8) is 0 Å². The number of hydrogen-bond donors (Lipinski definition) is 1. The van der Waals surface area contributed by atoms with Gasteiger partial charge in [-0.25, -0.2) is 4.98 Å². The lowest BCUT2D eigenvalue weighted by atomic mass is 10.2. The summed E-state index contributed by atoms with van der Waals surface area (Å²) in [5.74, 6) is 1.32. The Bertz CT molecular complexity index is 901. The van der Waals surface area contributed by atoms with Gasteiger partial charge in [0.25, 0.3) is 0 Å². The molecule has 0 saturated carbocycles. The molecule has 156 valence electrons. The van der Waals surface area contributed by atoms with Crippen molar-refractivity contribution >= 4 is 34.6 Å². The third kappa shape index (κ3) is 6.91. The summed E-state index contributed by atoms with van der Waals surface area (Å²) in [6, 6.07) is 9.81. The van der Waals surface area contributed by atoms with Crippen LogP contribution in [0, 0.1) is 6.92 Å². The van der Waals surface area contributed by atoms with Crippen molar-refractivity contribution in [2.24, 2.45) is 0 Å². The highest BCUT2D eigenvalue weighted by molar-refractivity contribution is 7.99. The first-order valence-electron chi connectivity index (χ1n) is 8.85. The van der Waals surface area contributed by atoms with E-state index in [0.717, 1.165) is 32.3 Å². The third-order valence-electron chi connectivity index (χ3n) is 3.95. The number of imidazole rings is 1. The molecule has 0 aliphatic carbocycles. The topological polar surface area (TPSA) is 60.0 Å². The van der Waals surface area contributed by atoms with Crippen LogP contribution < -0.4 is 0 Å². The number of aromatic nitrogens is 3. The number of nitrogens with zero attached hydrogens (tertiary/aromatic N) is 2. The van der Waals surface area contributed by atoms with E-state index in [0.29, 0.717) is 18.1 Å². The molecule has 2 aromatic heterocycles. The molecule has 1 N–H and O–H groups in total. The number of aromatic amines is 1. The van der Waals surface area contributed by atoms with E-state index in [2.05, 4.69) is 19.7 Å². The predicted octanol–water partition coefficient (Wildman–Crippen LogP) is 5.20. The molecule has 0 aliphatic heterocycles. The van der Waals surface area contributed by atoms with Gasteiger partial charge in [0, 0.05) is 22.6 Å². The minimum absolute atomic E-state index is 0.0885. The zero-order valence-corrected chi connectivity index (χ0v) is 17.3. The van der Waals surface area contributed by atoms with Gasteiger partial charge in [0.15, 0.2) is 5.16 Å². The maximum absolute atomic E-state index is 11.9. The quantitative estimate of drug-likeness (QED) is 0.343. The Labute approximate surface area is 174 Å². The van der Waals surface area contributed by atoms with Gasteiger partial charge in [-0.05, 0) is 30.7 Å². The largest absolute Gasteiger partial charge is 0.522 e. The molecule has 0 atom stereocenters. The number of halogens is 3. The van der Waals surface area contributed by atoms with Gasteiger partial charge >= 0.3 is 6.36 Å². The molecule has 0 radical (unpaired) electrons. The van der Waals surface area contributed by atoms with Gasteiger partial charge in [-0.15, -0.1) is 24.9 Å². The van der Waals surface area contributed by atoms with Crippen molar-refractivity contribution in [2.45, 2.75) is 29.1 Å². The Morgan fingerprint density at radius 3 is 2.69 bits per heavy atom. The number of benzene rings is 1. The standard InChI is InChI=1S/C19H20F3N3O2S2/c1-13-16(12-29-18-24-14-4-2-3-5-15(14)25-18)23-7-6-17(13)28-11-10-26-8-9-27-19(20,21)22/h2-7H,8-12H2,1H3,(H,24,25). The lowest BCUT2D eigenvalue weighted by Gasteiger charge is -2.10. The lowest BCUT2D eigenvalue weighted by Crippen LogP contribution is -2.17. The molecule has 29 heavy (non-hydrogen) atoms. The average Bonchev–Trinajstić information content (AvgIpc) is 3.09. The van der Waals surface area contributed by atoms with Crippen LogP contribution in [0.3, 0.4) is 0 Å². The van der Waals surface area contributed by atoms with Crippen LogP contribution in [0.1, 0.15) is 11.3 Å². The van der Waals surface area contributed by atoms with Gasteiger partial charge in [0.2, 0.25) is 0 Å². The molecule has 1 aromatic carbocycles. The third-order valence-corrected chi connectivity index (χ3v) is 5.96. The van der Waals surface area contributed by atoms with E-state index in [1.165, 1.54) is 0 Å². The Hall–Kier alpha value is -1.75. The van der Waals surface area contributed by atoms with E-state index in [-0.39, 0.29) is 6.61 Å². The number of ether oxygens (including phenoxy) is 2. The van der Waals surface area contributed by atoms with E-state index in [9.17, 15) is 13.2 Å². The lowest BCUT2D eigenvalue weighted by molar-refractivity contribution is -0.326. The number of thioether (sulfide) groups is 2. The number of alkyl halides is 3. The van der Waals surface area contributed by atoms with Crippen LogP contribution >= 0.6 is 23.5 Å². The first-order chi connectivity index (χ1) is 13.9. The van der Waals surface area contributed by atoms with E-state index >= 15 is 0 Å². The summed E-state index contributed by atoms with van der Waals surface area (Å²) in [5.41, 5.74) is 4.00. The molecule has 10 heteroatoms. The minimum Gasteiger partial charge on any atom is -0.378 e. The Morgan fingerprint density at radius 2 is 1.90 bits per heavy atom. The molecular formula is C19H20F3N3O2S2. The number of H-pyrrole nitrogens is 1. The molecular weight excluding hydrogens is 423 g/mol. The Morgan fingerprint density at radius 1 is 1.07 bits per heavy atom. The fourth-order valence-electron chi connectivity index (χ4n) is 2.52. The van der Waals surface area contributed by atoms with Gasteiger partial charge < -0.3 is 9.72 Å². The molecule has 2 heterocycles. The number of nitrogens with one attached hydrogen (secondary N) is 1. The number of hydrogen-bond acceptors (Lipinski definition) is 6.